The molecule has 0 spiro atoms. The van der Waals surface area contributed by atoms with Crippen molar-refractivity contribution < 1.29 is 4.42 Å². The Morgan fingerprint density at radius 1 is 1.47 bits per heavy atom. The second-order valence-corrected chi connectivity index (χ2v) is 5.20. The van der Waals surface area contributed by atoms with Crippen LogP contribution in [-0.4, -0.2) is 11.5 Å². The van der Waals surface area contributed by atoms with E-state index in [9.17, 15) is 0 Å². The molecule has 1 N–H and O–H groups in total. The standard InChI is InChI=1S/C13H18N2OS/c1-4-14-12(13-9(2)5-6-16-13)7-11-8-17-10(3)15-11/h5-6,8,12,14H,4,7H2,1-3H3. The highest BCUT2D eigenvalue weighted by atomic mass is 32.1. The molecule has 0 saturated heterocycles. The molecule has 0 aliphatic carbocycles. The Kier molecular flexibility index (Phi) is 3.97. The fourth-order valence-corrected chi connectivity index (χ4v) is 2.58. The van der Waals surface area contributed by atoms with Crippen LogP contribution in [0.4, 0.5) is 0 Å². The molecule has 0 amide bonds. The lowest BCUT2D eigenvalue weighted by molar-refractivity contribution is 0.412. The summed E-state index contributed by atoms with van der Waals surface area (Å²) in [7, 11) is 0. The third-order valence-electron chi connectivity index (χ3n) is 2.75. The minimum absolute atomic E-state index is 0.219. The molecule has 1 unspecified atom stereocenters. The van der Waals surface area contributed by atoms with Crippen LogP contribution in [0.2, 0.25) is 0 Å². The molecule has 0 aliphatic rings. The van der Waals surface area contributed by atoms with Crippen molar-refractivity contribution in [2.45, 2.75) is 33.2 Å². The quantitative estimate of drug-likeness (QED) is 0.885. The maximum Gasteiger partial charge on any atom is 0.123 e. The molecule has 0 aliphatic heterocycles. The minimum atomic E-state index is 0.219. The smallest absolute Gasteiger partial charge is 0.123 e. The molecule has 17 heavy (non-hydrogen) atoms. The van der Waals surface area contributed by atoms with E-state index in [1.54, 1.807) is 17.6 Å². The summed E-state index contributed by atoms with van der Waals surface area (Å²) in [6.07, 6.45) is 2.63. The Morgan fingerprint density at radius 3 is 2.82 bits per heavy atom. The van der Waals surface area contributed by atoms with E-state index in [0.717, 1.165) is 29.4 Å². The van der Waals surface area contributed by atoms with Gasteiger partial charge in [-0.15, -0.1) is 11.3 Å². The monoisotopic (exact) mass is 250 g/mol. The number of nitrogens with one attached hydrogen (secondary N) is 1. The first-order valence-electron chi connectivity index (χ1n) is 5.89. The van der Waals surface area contributed by atoms with Crippen molar-refractivity contribution in [2.75, 3.05) is 6.54 Å². The summed E-state index contributed by atoms with van der Waals surface area (Å²) in [5.41, 5.74) is 2.33. The van der Waals surface area contributed by atoms with Crippen molar-refractivity contribution in [3.05, 3.63) is 39.7 Å². The normalized spacial score (nSPS) is 12.9. The first-order valence-corrected chi connectivity index (χ1v) is 6.77. The molecule has 3 nitrogen and oxygen atoms in total. The first-order chi connectivity index (χ1) is 8.20. The van der Waals surface area contributed by atoms with Gasteiger partial charge in [0.05, 0.1) is 23.0 Å². The van der Waals surface area contributed by atoms with Crippen LogP contribution in [0, 0.1) is 13.8 Å². The third kappa shape index (κ3) is 2.96. The molecule has 1 atom stereocenters. The van der Waals surface area contributed by atoms with Gasteiger partial charge in [-0.1, -0.05) is 6.92 Å². The van der Waals surface area contributed by atoms with Gasteiger partial charge in [-0.05, 0) is 32.0 Å². The molecular weight excluding hydrogens is 232 g/mol. The average Bonchev–Trinajstić information content (AvgIpc) is 2.87. The molecule has 92 valence electrons. The van der Waals surface area contributed by atoms with E-state index in [4.69, 9.17) is 4.42 Å². The Hall–Kier alpha value is -1.13. The van der Waals surface area contributed by atoms with E-state index >= 15 is 0 Å². The van der Waals surface area contributed by atoms with Gasteiger partial charge >= 0.3 is 0 Å². The third-order valence-corrected chi connectivity index (χ3v) is 3.57. The molecule has 2 aromatic heterocycles. The molecule has 0 radical (unpaired) electrons. The van der Waals surface area contributed by atoms with Gasteiger partial charge in [-0.3, -0.25) is 0 Å². The zero-order valence-electron chi connectivity index (χ0n) is 10.5. The highest BCUT2D eigenvalue weighted by molar-refractivity contribution is 7.09. The fraction of sp³-hybridized carbons (Fsp3) is 0.462. The molecular formula is C13H18N2OS. The van der Waals surface area contributed by atoms with Crippen LogP contribution in [0.15, 0.2) is 22.1 Å². The lowest BCUT2D eigenvalue weighted by Gasteiger charge is -2.15. The summed E-state index contributed by atoms with van der Waals surface area (Å²) in [5.74, 6) is 1.03. The maximum atomic E-state index is 5.57. The predicted octanol–water partition coefficient (Wildman–Crippen LogP) is 3.25. The molecule has 4 heteroatoms. The van der Waals surface area contributed by atoms with Gasteiger partial charge in [0.25, 0.3) is 0 Å². The van der Waals surface area contributed by atoms with Crippen LogP contribution in [-0.2, 0) is 6.42 Å². The summed E-state index contributed by atoms with van der Waals surface area (Å²) < 4.78 is 5.57. The van der Waals surface area contributed by atoms with E-state index in [2.05, 4.69) is 29.5 Å². The van der Waals surface area contributed by atoms with Crippen LogP contribution >= 0.6 is 11.3 Å². The Bertz CT molecular complexity index is 475. The summed E-state index contributed by atoms with van der Waals surface area (Å²) in [6, 6.07) is 2.22. The van der Waals surface area contributed by atoms with Crippen molar-refractivity contribution in [3.63, 3.8) is 0 Å². The van der Waals surface area contributed by atoms with Gasteiger partial charge in [0.15, 0.2) is 0 Å². The second-order valence-electron chi connectivity index (χ2n) is 4.14. The van der Waals surface area contributed by atoms with Gasteiger partial charge in [-0.25, -0.2) is 4.98 Å². The van der Waals surface area contributed by atoms with E-state index in [0.29, 0.717) is 0 Å². The number of hydrogen-bond donors (Lipinski definition) is 1. The molecule has 0 fully saturated rings. The van der Waals surface area contributed by atoms with Crippen molar-refractivity contribution in [3.8, 4) is 0 Å². The highest BCUT2D eigenvalue weighted by Gasteiger charge is 2.17. The van der Waals surface area contributed by atoms with Gasteiger partial charge in [0.1, 0.15) is 5.76 Å². The highest BCUT2D eigenvalue weighted by Crippen LogP contribution is 2.23. The van der Waals surface area contributed by atoms with Crippen molar-refractivity contribution >= 4 is 11.3 Å². The molecule has 2 rings (SSSR count). The van der Waals surface area contributed by atoms with Crippen LogP contribution in [0.3, 0.4) is 0 Å². The molecule has 0 saturated carbocycles. The van der Waals surface area contributed by atoms with Crippen LogP contribution in [0.5, 0.6) is 0 Å². The van der Waals surface area contributed by atoms with Gasteiger partial charge < -0.3 is 9.73 Å². The number of aryl methyl sites for hydroxylation is 2. The molecule has 0 bridgehead atoms. The SMILES string of the molecule is CCNC(Cc1csc(C)n1)c1occc1C. The Morgan fingerprint density at radius 2 is 2.29 bits per heavy atom. The van der Waals surface area contributed by atoms with Gasteiger partial charge in [0.2, 0.25) is 0 Å². The number of thiazole rings is 1. The van der Waals surface area contributed by atoms with E-state index in [1.165, 1.54) is 5.56 Å². The zero-order valence-corrected chi connectivity index (χ0v) is 11.3. The number of likely N-dealkylation sites (N-methyl/N-ethyl adjacent to an activating group) is 1. The van der Waals surface area contributed by atoms with Gasteiger partial charge in [0, 0.05) is 11.8 Å². The largest absolute Gasteiger partial charge is 0.467 e. The maximum absolute atomic E-state index is 5.57. The summed E-state index contributed by atoms with van der Waals surface area (Å²) >= 11 is 1.70. The Labute approximate surface area is 106 Å². The van der Waals surface area contributed by atoms with E-state index < -0.39 is 0 Å². The number of nitrogens with zero attached hydrogens (tertiary/aromatic N) is 1. The topological polar surface area (TPSA) is 38.1 Å². The predicted molar refractivity (Wildman–Crippen MR) is 70.4 cm³/mol. The lowest BCUT2D eigenvalue weighted by Crippen LogP contribution is -2.23. The van der Waals surface area contributed by atoms with Gasteiger partial charge in [-0.2, -0.15) is 0 Å². The average molecular weight is 250 g/mol. The Balaban J connectivity index is 2.15. The van der Waals surface area contributed by atoms with E-state index in [-0.39, 0.29) is 6.04 Å². The zero-order chi connectivity index (χ0) is 12.3. The first kappa shape index (κ1) is 12.3. The fourth-order valence-electron chi connectivity index (χ4n) is 1.96. The number of hydrogen-bond acceptors (Lipinski definition) is 4. The number of aromatic nitrogens is 1. The number of rotatable bonds is 5. The summed E-state index contributed by atoms with van der Waals surface area (Å²) in [5, 5.41) is 6.69. The minimum Gasteiger partial charge on any atom is -0.467 e. The van der Waals surface area contributed by atoms with Crippen LogP contribution < -0.4 is 5.32 Å². The van der Waals surface area contributed by atoms with Crippen molar-refractivity contribution in [2.24, 2.45) is 0 Å². The molecule has 2 heterocycles. The summed E-state index contributed by atoms with van der Waals surface area (Å²) in [4.78, 5) is 4.51. The second kappa shape index (κ2) is 5.47. The molecule has 0 aromatic carbocycles. The number of furan rings is 1. The van der Waals surface area contributed by atoms with Crippen molar-refractivity contribution in [1.29, 1.82) is 0 Å². The molecule has 2 aromatic rings. The van der Waals surface area contributed by atoms with Crippen LogP contribution in [0.25, 0.3) is 0 Å². The van der Waals surface area contributed by atoms with E-state index in [1.807, 2.05) is 13.0 Å². The van der Waals surface area contributed by atoms with Crippen molar-refractivity contribution in [1.82, 2.24) is 10.3 Å². The lowest BCUT2D eigenvalue weighted by atomic mass is 10.1. The summed E-state index contributed by atoms with van der Waals surface area (Å²) in [6.45, 7) is 7.15. The van der Waals surface area contributed by atoms with Crippen LogP contribution in [0.1, 0.15) is 35.0 Å².